The van der Waals surface area contributed by atoms with Crippen molar-refractivity contribution in [2.75, 3.05) is 33.8 Å². The number of carbonyl (C=O) groups is 1. The van der Waals surface area contributed by atoms with Crippen molar-refractivity contribution in [3.8, 4) is 5.75 Å². The summed E-state index contributed by atoms with van der Waals surface area (Å²) in [4.78, 5) is 16.1. The van der Waals surface area contributed by atoms with Gasteiger partial charge in [-0.25, -0.2) is 0 Å². The quantitative estimate of drug-likeness (QED) is 0.265. The Hall–Kier alpha value is -1.51. The number of methoxy groups -OCH3 is 1. The zero-order valence-electron chi connectivity index (χ0n) is 13.6. The van der Waals surface area contributed by atoms with E-state index >= 15 is 0 Å². The lowest BCUT2D eigenvalue weighted by molar-refractivity contribution is 0.0954. The van der Waals surface area contributed by atoms with Crippen LogP contribution in [0.2, 0.25) is 0 Å². The van der Waals surface area contributed by atoms with Crippen molar-refractivity contribution in [3.63, 3.8) is 0 Å². The minimum atomic E-state index is -0.0922. The molecular formula is C16H25IN4O2. The lowest BCUT2D eigenvalue weighted by Crippen LogP contribution is -2.42. The number of ether oxygens (including phenoxy) is 1. The second-order valence-electron chi connectivity index (χ2n) is 5.31. The summed E-state index contributed by atoms with van der Waals surface area (Å²) >= 11 is 0. The number of carbonyl (C=O) groups excluding carboxylic acids is 1. The Morgan fingerprint density at radius 2 is 1.83 bits per heavy atom. The van der Waals surface area contributed by atoms with Crippen molar-refractivity contribution >= 4 is 35.8 Å². The van der Waals surface area contributed by atoms with Crippen molar-refractivity contribution in [2.24, 2.45) is 10.9 Å². The van der Waals surface area contributed by atoms with Gasteiger partial charge in [-0.15, -0.1) is 24.0 Å². The average molecular weight is 432 g/mol. The standard InChI is InChI=1S/C16H24N4O2.HI/c1-17-16(20-11-12-3-4-12)19-10-9-18-15(21)13-5-7-14(22-2)8-6-13;/h5-8,12H,3-4,9-11H2,1-2H3,(H,18,21)(H2,17,19,20);1H. The number of benzene rings is 1. The molecule has 1 amide bonds. The molecule has 0 unspecified atom stereocenters. The Bertz CT molecular complexity index is 515. The fourth-order valence-electron chi connectivity index (χ4n) is 1.98. The molecule has 1 aliphatic carbocycles. The molecule has 3 N–H and O–H groups in total. The van der Waals surface area contributed by atoms with E-state index < -0.39 is 0 Å². The molecule has 128 valence electrons. The van der Waals surface area contributed by atoms with Crippen molar-refractivity contribution in [1.82, 2.24) is 16.0 Å². The highest BCUT2D eigenvalue weighted by Gasteiger charge is 2.20. The van der Waals surface area contributed by atoms with Gasteiger partial charge >= 0.3 is 0 Å². The molecule has 0 spiro atoms. The topological polar surface area (TPSA) is 74.8 Å². The highest BCUT2D eigenvalue weighted by atomic mass is 127. The minimum Gasteiger partial charge on any atom is -0.497 e. The molecule has 1 aromatic carbocycles. The van der Waals surface area contributed by atoms with E-state index in [0.717, 1.165) is 24.2 Å². The molecule has 0 aliphatic heterocycles. The summed E-state index contributed by atoms with van der Waals surface area (Å²) in [7, 11) is 3.35. The normalized spacial score (nSPS) is 13.7. The molecule has 1 aromatic rings. The highest BCUT2D eigenvalue weighted by Crippen LogP contribution is 2.27. The summed E-state index contributed by atoms with van der Waals surface area (Å²) in [5.74, 6) is 2.23. The number of guanidine groups is 1. The fraction of sp³-hybridized carbons (Fsp3) is 0.500. The van der Waals surface area contributed by atoms with Gasteiger partial charge in [0.1, 0.15) is 5.75 Å². The first-order valence-corrected chi connectivity index (χ1v) is 7.59. The Kier molecular flexibility index (Phi) is 8.75. The first-order valence-electron chi connectivity index (χ1n) is 7.59. The second-order valence-corrected chi connectivity index (χ2v) is 5.31. The number of nitrogens with one attached hydrogen (secondary N) is 3. The summed E-state index contributed by atoms with van der Waals surface area (Å²) in [6.07, 6.45) is 2.61. The molecule has 7 heteroatoms. The van der Waals surface area contributed by atoms with E-state index in [9.17, 15) is 4.79 Å². The highest BCUT2D eigenvalue weighted by molar-refractivity contribution is 14.0. The molecular weight excluding hydrogens is 407 g/mol. The van der Waals surface area contributed by atoms with Crippen LogP contribution in [0.1, 0.15) is 23.2 Å². The van der Waals surface area contributed by atoms with Crippen LogP contribution < -0.4 is 20.7 Å². The summed E-state index contributed by atoms with van der Waals surface area (Å²) in [6.45, 7) is 2.14. The van der Waals surface area contributed by atoms with E-state index in [-0.39, 0.29) is 29.9 Å². The number of rotatable bonds is 7. The lowest BCUT2D eigenvalue weighted by atomic mass is 10.2. The molecule has 1 saturated carbocycles. The van der Waals surface area contributed by atoms with Gasteiger partial charge in [-0.1, -0.05) is 0 Å². The molecule has 23 heavy (non-hydrogen) atoms. The largest absolute Gasteiger partial charge is 0.497 e. The summed E-state index contributed by atoms with van der Waals surface area (Å²) in [6, 6.07) is 7.04. The van der Waals surface area contributed by atoms with E-state index in [2.05, 4.69) is 20.9 Å². The SMILES string of the molecule is CN=C(NCCNC(=O)c1ccc(OC)cc1)NCC1CC1.I. The monoisotopic (exact) mass is 432 g/mol. The Morgan fingerprint density at radius 3 is 2.39 bits per heavy atom. The van der Waals surface area contributed by atoms with Crippen molar-refractivity contribution in [3.05, 3.63) is 29.8 Å². The van der Waals surface area contributed by atoms with Crippen molar-refractivity contribution in [2.45, 2.75) is 12.8 Å². The lowest BCUT2D eigenvalue weighted by Gasteiger charge is -2.12. The third-order valence-corrected chi connectivity index (χ3v) is 3.53. The second kappa shape index (κ2) is 10.3. The maximum absolute atomic E-state index is 12.0. The third kappa shape index (κ3) is 7.06. The Morgan fingerprint density at radius 1 is 1.17 bits per heavy atom. The summed E-state index contributed by atoms with van der Waals surface area (Å²) in [5.41, 5.74) is 0.622. The van der Waals surface area contributed by atoms with Crippen LogP contribution in [0.3, 0.4) is 0 Å². The van der Waals surface area contributed by atoms with Crippen LogP contribution in [-0.2, 0) is 0 Å². The number of aliphatic imine (C=N–C) groups is 1. The van der Waals surface area contributed by atoms with Crippen LogP contribution in [0.25, 0.3) is 0 Å². The van der Waals surface area contributed by atoms with Gasteiger partial charge in [-0.3, -0.25) is 9.79 Å². The number of nitrogens with zero attached hydrogens (tertiary/aromatic N) is 1. The minimum absolute atomic E-state index is 0. The third-order valence-electron chi connectivity index (χ3n) is 3.53. The molecule has 0 bridgehead atoms. The van der Waals surface area contributed by atoms with Crippen LogP contribution in [0.15, 0.2) is 29.3 Å². The van der Waals surface area contributed by atoms with Gasteiger partial charge in [-0.2, -0.15) is 0 Å². The van der Waals surface area contributed by atoms with Gasteiger partial charge in [0.2, 0.25) is 0 Å². The van der Waals surface area contributed by atoms with E-state index in [4.69, 9.17) is 4.74 Å². The zero-order valence-corrected chi connectivity index (χ0v) is 15.9. The van der Waals surface area contributed by atoms with Gasteiger partial charge < -0.3 is 20.7 Å². The van der Waals surface area contributed by atoms with Crippen molar-refractivity contribution < 1.29 is 9.53 Å². The number of hydrogen-bond donors (Lipinski definition) is 3. The fourth-order valence-corrected chi connectivity index (χ4v) is 1.98. The molecule has 0 atom stereocenters. The Balaban J connectivity index is 0.00000264. The molecule has 1 aliphatic rings. The molecule has 0 radical (unpaired) electrons. The first-order chi connectivity index (χ1) is 10.7. The van der Waals surface area contributed by atoms with Crippen LogP contribution in [0, 0.1) is 5.92 Å². The van der Waals surface area contributed by atoms with Crippen LogP contribution in [0.4, 0.5) is 0 Å². The van der Waals surface area contributed by atoms with Gasteiger partial charge in [0.15, 0.2) is 5.96 Å². The van der Waals surface area contributed by atoms with Gasteiger partial charge in [0.25, 0.3) is 5.91 Å². The van der Waals surface area contributed by atoms with Crippen LogP contribution >= 0.6 is 24.0 Å². The molecule has 0 saturated heterocycles. The smallest absolute Gasteiger partial charge is 0.251 e. The predicted octanol–water partition coefficient (Wildman–Crippen LogP) is 1.62. The number of hydrogen-bond acceptors (Lipinski definition) is 3. The van der Waals surface area contributed by atoms with Gasteiger partial charge in [0, 0.05) is 32.2 Å². The van der Waals surface area contributed by atoms with E-state index in [1.54, 1.807) is 38.4 Å². The molecule has 1 fully saturated rings. The number of halogens is 1. The predicted molar refractivity (Wildman–Crippen MR) is 103 cm³/mol. The first kappa shape index (κ1) is 19.5. The Labute approximate surface area is 154 Å². The van der Waals surface area contributed by atoms with Crippen LogP contribution in [-0.4, -0.2) is 45.7 Å². The van der Waals surface area contributed by atoms with Crippen molar-refractivity contribution in [1.29, 1.82) is 0 Å². The zero-order chi connectivity index (χ0) is 15.8. The molecule has 2 rings (SSSR count). The molecule has 0 aromatic heterocycles. The average Bonchev–Trinajstić information content (AvgIpc) is 3.38. The van der Waals surface area contributed by atoms with E-state index in [1.807, 2.05) is 0 Å². The van der Waals surface area contributed by atoms with Gasteiger partial charge in [0.05, 0.1) is 7.11 Å². The maximum Gasteiger partial charge on any atom is 0.251 e. The number of amides is 1. The van der Waals surface area contributed by atoms with E-state index in [1.165, 1.54) is 12.8 Å². The summed E-state index contributed by atoms with van der Waals surface area (Å²) in [5, 5.41) is 9.33. The maximum atomic E-state index is 12.0. The molecule has 6 nitrogen and oxygen atoms in total. The van der Waals surface area contributed by atoms with Crippen LogP contribution in [0.5, 0.6) is 5.75 Å². The summed E-state index contributed by atoms with van der Waals surface area (Å²) < 4.78 is 5.07. The molecule has 0 heterocycles. The van der Waals surface area contributed by atoms with Gasteiger partial charge in [-0.05, 0) is 43.0 Å². The van der Waals surface area contributed by atoms with E-state index in [0.29, 0.717) is 18.7 Å².